The highest BCUT2D eigenvalue weighted by molar-refractivity contribution is 4.92. The Hall–Kier alpha value is -0.460. The predicted octanol–water partition coefficient (Wildman–Crippen LogP) is 1.64. The maximum atomic E-state index is 11.2. The summed E-state index contributed by atoms with van der Waals surface area (Å²) in [4.78, 5) is 0. The van der Waals surface area contributed by atoms with E-state index in [1.54, 1.807) is 0 Å². The first-order valence-electron chi connectivity index (χ1n) is 1.86. The molecule has 0 heterocycles. The fraction of sp³-hybridized carbons (Fsp3) is 0.667. The lowest BCUT2D eigenvalue weighted by Crippen LogP contribution is -2.33. The number of aliphatic hydroxyl groups is 1. The molecule has 0 aliphatic carbocycles. The Bertz CT molecular complexity index is 97.1. The van der Waals surface area contributed by atoms with Gasteiger partial charge < -0.3 is 5.11 Å². The molecule has 7 heteroatoms. The van der Waals surface area contributed by atoms with Crippen LogP contribution < -0.4 is 0 Å². The smallest absolute Gasteiger partial charge is 0.333 e. The van der Waals surface area contributed by atoms with E-state index in [-0.39, 0.29) is 0 Å². The maximum absolute atomic E-state index is 11.2. The topological polar surface area (TPSA) is 20.2 Å². The average Bonchev–Trinajstić information content (AvgIpc) is 1.59. The summed E-state index contributed by atoms with van der Waals surface area (Å²) in [5.74, 6) is 0. The average molecular weight is 167 g/mol. The molecular weight excluding hydrogens is 166 g/mol. The molecule has 0 unspecified atom stereocenters. The number of rotatable bonds is 1. The van der Waals surface area contributed by atoms with E-state index in [1.165, 1.54) is 0 Å². The lowest BCUT2D eigenvalue weighted by Gasteiger charge is -2.14. The molecular formula is C3HF6O. The van der Waals surface area contributed by atoms with E-state index in [1.807, 2.05) is 0 Å². The molecule has 10 heavy (non-hydrogen) atoms. The Morgan fingerprint density at radius 1 is 1.00 bits per heavy atom. The Kier molecular flexibility index (Phi) is 2.19. The van der Waals surface area contributed by atoms with Gasteiger partial charge in [0.1, 0.15) is 0 Å². The molecule has 0 aromatic heterocycles. The van der Waals surface area contributed by atoms with Crippen LogP contribution in [0.5, 0.6) is 0 Å². The van der Waals surface area contributed by atoms with E-state index >= 15 is 0 Å². The van der Waals surface area contributed by atoms with Gasteiger partial charge in [-0.1, -0.05) is 0 Å². The van der Waals surface area contributed by atoms with Gasteiger partial charge in [0.05, 0.1) is 0 Å². The van der Waals surface area contributed by atoms with Crippen LogP contribution in [0.1, 0.15) is 0 Å². The largest absolute Gasteiger partial charge is 0.435 e. The molecule has 0 saturated heterocycles. The summed E-state index contributed by atoms with van der Waals surface area (Å²) in [5, 5.41) is 7.16. The number of hydrogen-bond acceptors (Lipinski definition) is 1. The predicted molar refractivity (Wildman–Crippen MR) is 17.6 cm³/mol. The minimum absolute atomic E-state index is 3.71. The molecule has 1 nitrogen and oxygen atoms in total. The highest BCUT2D eigenvalue weighted by Gasteiger charge is 2.58. The van der Waals surface area contributed by atoms with Crippen LogP contribution in [0.3, 0.4) is 0 Å². The van der Waals surface area contributed by atoms with Crippen molar-refractivity contribution in [2.75, 3.05) is 0 Å². The second-order valence-corrected chi connectivity index (χ2v) is 1.35. The van der Waals surface area contributed by atoms with Crippen molar-refractivity contribution in [1.82, 2.24) is 0 Å². The van der Waals surface area contributed by atoms with Gasteiger partial charge in [-0.25, -0.2) is 4.39 Å². The quantitative estimate of drug-likeness (QED) is 0.588. The van der Waals surface area contributed by atoms with Crippen molar-refractivity contribution in [2.45, 2.75) is 12.3 Å². The summed E-state index contributed by atoms with van der Waals surface area (Å²) in [5.41, 5.74) is 0. The molecule has 0 aromatic rings. The number of hydrogen-bond donors (Lipinski definition) is 1. The molecule has 0 aliphatic rings. The van der Waals surface area contributed by atoms with Crippen molar-refractivity contribution in [3.8, 4) is 0 Å². The summed E-state index contributed by atoms with van der Waals surface area (Å²) in [6.07, 6.45) is -14.9. The van der Waals surface area contributed by atoms with Crippen LogP contribution >= 0.6 is 0 Å². The van der Waals surface area contributed by atoms with Gasteiger partial charge in [0.2, 0.25) is 0 Å². The first-order chi connectivity index (χ1) is 4.15. The van der Waals surface area contributed by atoms with Crippen LogP contribution in [-0.2, 0) is 0 Å². The molecule has 0 atom stereocenters. The standard InChI is InChI=1S/C3HF6O/c4-1(2(5,6)7)3(8,9)10/h10H. The van der Waals surface area contributed by atoms with Crippen molar-refractivity contribution in [1.29, 1.82) is 0 Å². The number of alkyl halides is 5. The van der Waals surface area contributed by atoms with Crippen molar-refractivity contribution in [3.63, 3.8) is 0 Å². The van der Waals surface area contributed by atoms with Crippen LogP contribution in [0, 0.1) is 6.17 Å². The van der Waals surface area contributed by atoms with Crippen molar-refractivity contribution in [2.24, 2.45) is 0 Å². The van der Waals surface area contributed by atoms with Crippen LogP contribution in [-0.4, -0.2) is 17.4 Å². The zero-order valence-corrected chi connectivity index (χ0v) is 4.22. The van der Waals surface area contributed by atoms with E-state index in [9.17, 15) is 26.3 Å². The summed E-state index contributed by atoms with van der Waals surface area (Å²) in [6.45, 7) is 0. The Labute approximate surface area is 51.3 Å². The van der Waals surface area contributed by atoms with Crippen LogP contribution in [0.25, 0.3) is 0 Å². The highest BCUT2D eigenvalue weighted by Crippen LogP contribution is 2.39. The molecule has 1 N–H and O–H groups in total. The van der Waals surface area contributed by atoms with Crippen molar-refractivity contribution >= 4 is 0 Å². The van der Waals surface area contributed by atoms with Gasteiger partial charge in [0, 0.05) is 0 Å². The van der Waals surface area contributed by atoms with Gasteiger partial charge >= 0.3 is 18.5 Å². The fourth-order valence-electron chi connectivity index (χ4n) is 0.171. The third-order valence-electron chi connectivity index (χ3n) is 0.513. The molecule has 0 spiro atoms. The zero-order chi connectivity index (χ0) is 8.58. The Morgan fingerprint density at radius 3 is 1.30 bits per heavy atom. The molecule has 0 saturated carbocycles. The summed E-state index contributed by atoms with van der Waals surface area (Å²) in [6, 6.07) is 0. The van der Waals surface area contributed by atoms with Gasteiger partial charge in [-0.2, -0.15) is 22.0 Å². The monoisotopic (exact) mass is 167 g/mol. The van der Waals surface area contributed by atoms with Gasteiger partial charge in [-0.05, 0) is 0 Å². The molecule has 1 radical (unpaired) electrons. The van der Waals surface area contributed by atoms with Crippen LogP contribution in [0.4, 0.5) is 26.3 Å². The van der Waals surface area contributed by atoms with Gasteiger partial charge in [-0.15, -0.1) is 0 Å². The third kappa shape index (κ3) is 2.42. The molecule has 0 aliphatic heterocycles. The minimum atomic E-state index is -5.81. The normalized spacial score (nSPS) is 14.4. The van der Waals surface area contributed by atoms with E-state index < -0.39 is 18.5 Å². The summed E-state index contributed by atoms with van der Waals surface area (Å²) >= 11 is 0. The van der Waals surface area contributed by atoms with Crippen LogP contribution in [0.15, 0.2) is 0 Å². The summed E-state index contributed by atoms with van der Waals surface area (Å²) in [7, 11) is 0. The second-order valence-electron chi connectivity index (χ2n) is 1.35. The van der Waals surface area contributed by atoms with E-state index in [0.717, 1.165) is 0 Å². The molecule has 0 amide bonds. The molecule has 61 valence electrons. The van der Waals surface area contributed by atoms with Crippen molar-refractivity contribution < 1.29 is 31.4 Å². The first-order valence-corrected chi connectivity index (χ1v) is 1.86. The molecule has 0 bridgehead atoms. The number of halogens is 6. The SMILES string of the molecule is OC(F)(F)[C](F)C(F)(F)F. The van der Waals surface area contributed by atoms with Crippen LogP contribution in [0.2, 0.25) is 0 Å². The highest BCUT2D eigenvalue weighted by atomic mass is 19.4. The third-order valence-corrected chi connectivity index (χ3v) is 0.513. The Balaban J connectivity index is 4.23. The fourth-order valence-corrected chi connectivity index (χ4v) is 0.171. The second kappa shape index (κ2) is 2.30. The lowest BCUT2D eigenvalue weighted by atomic mass is 10.3. The summed E-state index contributed by atoms with van der Waals surface area (Å²) < 4.78 is 66.0. The molecule has 0 aromatic carbocycles. The van der Waals surface area contributed by atoms with E-state index in [4.69, 9.17) is 5.11 Å². The van der Waals surface area contributed by atoms with Gasteiger partial charge in [0.15, 0.2) is 0 Å². The minimum Gasteiger partial charge on any atom is -0.333 e. The maximum Gasteiger partial charge on any atom is 0.435 e. The zero-order valence-electron chi connectivity index (χ0n) is 4.22. The first kappa shape index (κ1) is 9.54. The van der Waals surface area contributed by atoms with Gasteiger partial charge in [-0.3, -0.25) is 0 Å². The van der Waals surface area contributed by atoms with Gasteiger partial charge in [0.25, 0.3) is 0 Å². The molecule has 0 rings (SSSR count). The molecule has 0 fully saturated rings. The van der Waals surface area contributed by atoms with E-state index in [2.05, 4.69) is 0 Å². The van der Waals surface area contributed by atoms with E-state index in [0.29, 0.717) is 0 Å². The van der Waals surface area contributed by atoms with Crippen molar-refractivity contribution in [3.05, 3.63) is 6.17 Å². The lowest BCUT2D eigenvalue weighted by molar-refractivity contribution is -0.268. The Morgan fingerprint density at radius 2 is 1.30 bits per heavy atom.